The number of carbonyl (C=O) groups is 1. The Morgan fingerprint density at radius 2 is 2.00 bits per heavy atom. The molecule has 1 aromatic rings. The van der Waals surface area contributed by atoms with Gasteiger partial charge in [0.1, 0.15) is 10.2 Å². The summed E-state index contributed by atoms with van der Waals surface area (Å²) in [5.41, 5.74) is 0.859. The quantitative estimate of drug-likeness (QED) is 0.665. The number of esters is 1. The molecule has 0 saturated carbocycles. The van der Waals surface area contributed by atoms with Crippen LogP contribution >= 0.6 is 23.2 Å². The van der Waals surface area contributed by atoms with E-state index in [9.17, 15) is 4.79 Å². The largest absolute Gasteiger partial charge is 0.497 e. The first-order chi connectivity index (χ1) is 8.11. The number of hydrogen-bond acceptors (Lipinski definition) is 4. The molecule has 1 aromatic carbocycles. The molecular weight excluding hydrogens is 265 g/mol. The van der Waals surface area contributed by atoms with E-state index in [4.69, 9.17) is 32.7 Å². The Bertz CT molecular complexity index is 466. The second-order valence-corrected chi connectivity index (χ2v) is 4.29. The average molecular weight is 274 g/mol. The number of hydrogen-bond donors (Lipinski definition) is 1. The lowest BCUT2D eigenvalue weighted by molar-refractivity contribution is -0.139. The molecule has 1 saturated heterocycles. The van der Waals surface area contributed by atoms with E-state index >= 15 is 0 Å². The molecule has 0 aromatic heterocycles. The highest BCUT2D eigenvalue weighted by Gasteiger charge is 2.31. The molecule has 1 atom stereocenters. The van der Waals surface area contributed by atoms with E-state index in [1.54, 1.807) is 31.4 Å². The summed E-state index contributed by atoms with van der Waals surface area (Å²) in [6.07, 6.45) is -0.573. The van der Waals surface area contributed by atoms with Crippen molar-refractivity contribution in [1.29, 1.82) is 0 Å². The minimum absolute atomic E-state index is 0.0779. The highest BCUT2D eigenvalue weighted by molar-refractivity contribution is 6.57. The molecule has 0 amide bonds. The third kappa shape index (κ3) is 2.48. The van der Waals surface area contributed by atoms with Crippen molar-refractivity contribution in [1.82, 2.24) is 5.32 Å². The normalized spacial score (nSPS) is 18.6. The van der Waals surface area contributed by atoms with E-state index in [1.165, 1.54) is 0 Å². The van der Waals surface area contributed by atoms with E-state index in [2.05, 4.69) is 5.32 Å². The van der Waals surface area contributed by atoms with Gasteiger partial charge in [-0.05, 0) is 24.3 Å². The molecule has 2 rings (SSSR count). The molecule has 0 spiro atoms. The number of carbonyl (C=O) groups excluding carboxylic acids is 1. The van der Waals surface area contributed by atoms with Crippen LogP contribution in [0.4, 0.5) is 0 Å². The van der Waals surface area contributed by atoms with Crippen LogP contribution < -0.4 is 10.1 Å². The zero-order valence-corrected chi connectivity index (χ0v) is 10.4. The van der Waals surface area contributed by atoms with E-state index in [0.29, 0.717) is 0 Å². The third-order valence-electron chi connectivity index (χ3n) is 2.31. The zero-order chi connectivity index (χ0) is 12.4. The van der Waals surface area contributed by atoms with E-state index in [0.717, 1.165) is 11.3 Å². The SMILES string of the molecule is COc1ccc(C2NC(=C(Cl)Cl)C(=O)O2)cc1. The van der Waals surface area contributed by atoms with Crippen molar-refractivity contribution in [2.75, 3.05) is 7.11 Å². The fraction of sp³-hybridized carbons (Fsp3) is 0.182. The average Bonchev–Trinajstić information content (AvgIpc) is 2.71. The van der Waals surface area contributed by atoms with Gasteiger partial charge in [0.2, 0.25) is 0 Å². The topological polar surface area (TPSA) is 47.6 Å². The fourth-order valence-corrected chi connectivity index (χ4v) is 1.71. The molecule has 0 aliphatic carbocycles. The first-order valence-electron chi connectivity index (χ1n) is 4.78. The molecule has 1 fully saturated rings. The van der Waals surface area contributed by atoms with E-state index in [1.807, 2.05) is 0 Å². The molecule has 0 radical (unpaired) electrons. The van der Waals surface area contributed by atoms with Crippen molar-refractivity contribution in [3.05, 3.63) is 40.0 Å². The maximum atomic E-state index is 11.4. The Balaban J connectivity index is 2.20. The van der Waals surface area contributed by atoms with Crippen LogP contribution in [0.5, 0.6) is 5.75 Å². The summed E-state index contributed by atoms with van der Waals surface area (Å²) in [5.74, 6) is 0.162. The van der Waals surface area contributed by atoms with Crippen molar-refractivity contribution in [2.45, 2.75) is 6.23 Å². The van der Waals surface area contributed by atoms with Gasteiger partial charge in [0, 0.05) is 5.56 Å². The molecule has 1 heterocycles. The van der Waals surface area contributed by atoms with Crippen LogP contribution in [0.15, 0.2) is 34.5 Å². The van der Waals surface area contributed by atoms with Crippen LogP contribution in [0.2, 0.25) is 0 Å². The minimum atomic E-state index is -0.573. The van der Waals surface area contributed by atoms with Crippen molar-refractivity contribution in [3.63, 3.8) is 0 Å². The number of rotatable bonds is 2. The molecule has 90 valence electrons. The van der Waals surface area contributed by atoms with Gasteiger partial charge in [-0.3, -0.25) is 0 Å². The van der Waals surface area contributed by atoms with Crippen LogP contribution in [0.1, 0.15) is 11.8 Å². The summed E-state index contributed by atoms with van der Waals surface area (Å²) in [4.78, 5) is 11.4. The minimum Gasteiger partial charge on any atom is -0.497 e. The summed E-state index contributed by atoms with van der Waals surface area (Å²) >= 11 is 11.1. The molecule has 17 heavy (non-hydrogen) atoms. The lowest BCUT2D eigenvalue weighted by Gasteiger charge is -2.10. The lowest BCUT2D eigenvalue weighted by Crippen LogP contribution is -2.13. The summed E-state index contributed by atoms with van der Waals surface area (Å²) in [7, 11) is 1.58. The Labute approximate surface area is 108 Å². The fourth-order valence-electron chi connectivity index (χ4n) is 1.45. The molecular formula is C11H9Cl2NO3. The smallest absolute Gasteiger partial charge is 0.359 e. The molecule has 1 N–H and O–H groups in total. The van der Waals surface area contributed by atoms with Gasteiger partial charge < -0.3 is 14.8 Å². The number of nitrogens with one attached hydrogen (secondary N) is 1. The lowest BCUT2D eigenvalue weighted by atomic mass is 10.2. The molecule has 6 heteroatoms. The van der Waals surface area contributed by atoms with Gasteiger partial charge in [0.15, 0.2) is 11.9 Å². The molecule has 4 nitrogen and oxygen atoms in total. The van der Waals surface area contributed by atoms with Crippen LogP contribution in [0.3, 0.4) is 0 Å². The van der Waals surface area contributed by atoms with Gasteiger partial charge in [0.25, 0.3) is 0 Å². The Morgan fingerprint density at radius 3 is 2.47 bits per heavy atom. The van der Waals surface area contributed by atoms with Crippen LogP contribution in [-0.2, 0) is 9.53 Å². The zero-order valence-electron chi connectivity index (χ0n) is 8.87. The van der Waals surface area contributed by atoms with Crippen LogP contribution in [0.25, 0.3) is 0 Å². The van der Waals surface area contributed by atoms with Gasteiger partial charge in [0.05, 0.1) is 7.11 Å². The van der Waals surface area contributed by atoms with Gasteiger partial charge in [-0.15, -0.1) is 0 Å². The van der Waals surface area contributed by atoms with E-state index in [-0.39, 0.29) is 10.2 Å². The number of cyclic esters (lactones) is 1. The molecule has 1 aliphatic heterocycles. The summed E-state index contributed by atoms with van der Waals surface area (Å²) in [6.45, 7) is 0. The van der Waals surface area contributed by atoms with Crippen molar-refractivity contribution >= 4 is 29.2 Å². The van der Waals surface area contributed by atoms with Gasteiger partial charge in [-0.25, -0.2) is 4.79 Å². The standard InChI is InChI=1S/C11H9Cl2NO3/c1-16-7-4-2-6(3-5-7)10-14-8(9(12)13)11(15)17-10/h2-5,10,14H,1H3. The van der Waals surface area contributed by atoms with Gasteiger partial charge in [-0.2, -0.15) is 0 Å². The van der Waals surface area contributed by atoms with Crippen molar-refractivity contribution in [2.24, 2.45) is 0 Å². The highest BCUT2D eigenvalue weighted by Crippen LogP contribution is 2.28. The Kier molecular flexibility index (Phi) is 3.45. The first-order valence-corrected chi connectivity index (χ1v) is 5.54. The van der Waals surface area contributed by atoms with Gasteiger partial charge >= 0.3 is 5.97 Å². The molecule has 1 aliphatic rings. The Morgan fingerprint density at radius 1 is 1.35 bits per heavy atom. The van der Waals surface area contributed by atoms with Crippen LogP contribution in [-0.4, -0.2) is 13.1 Å². The van der Waals surface area contributed by atoms with Crippen molar-refractivity contribution < 1.29 is 14.3 Å². The maximum absolute atomic E-state index is 11.4. The summed E-state index contributed by atoms with van der Waals surface area (Å²) < 4.78 is 9.98. The maximum Gasteiger partial charge on any atom is 0.359 e. The van der Waals surface area contributed by atoms with Crippen LogP contribution in [0, 0.1) is 0 Å². The summed E-state index contributed by atoms with van der Waals surface area (Å²) in [6, 6.07) is 7.12. The second-order valence-electron chi connectivity index (χ2n) is 3.34. The number of ether oxygens (including phenoxy) is 2. The number of methoxy groups -OCH3 is 1. The second kappa shape index (κ2) is 4.85. The number of halogens is 2. The predicted molar refractivity (Wildman–Crippen MR) is 63.7 cm³/mol. The van der Waals surface area contributed by atoms with Crippen molar-refractivity contribution in [3.8, 4) is 5.75 Å². The van der Waals surface area contributed by atoms with E-state index < -0.39 is 12.2 Å². The third-order valence-corrected chi connectivity index (χ3v) is 2.69. The number of benzene rings is 1. The highest BCUT2D eigenvalue weighted by atomic mass is 35.5. The van der Waals surface area contributed by atoms with Gasteiger partial charge in [-0.1, -0.05) is 23.2 Å². The Hall–Kier alpha value is -1.39. The molecule has 1 unspecified atom stereocenters. The summed E-state index contributed by atoms with van der Waals surface area (Å²) in [5, 5.41) is 2.80. The molecule has 0 bridgehead atoms. The monoisotopic (exact) mass is 273 g/mol. The first kappa shape index (κ1) is 12.1. The predicted octanol–water partition coefficient (Wildman–Crippen LogP) is 2.49.